The van der Waals surface area contributed by atoms with Crippen molar-refractivity contribution in [2.75, 3.05) is 11.9 Å². The molecule has 2 aromatic rings. The molecule has 0 N–H and O–H groups in total. The van der Waals surface area contributed by atoms with Crippen LogP contribution in [0.5, 0.6) is 0 Å². The summed E-state index contributed by atoms with van der Waals surface area (Å²) in [7, 11) is 1.99. The number of rotatable bonds is 4. The van der Waals surface area contributed by atoms with Crippen LogP contribution < -0.4 is 4.90 Å². The van der Waals surface area contributed by atoms with E-state index in [1.54, 1.807) is 6.07 Å². The quantitative estimate of drug-likeness (QED) is 0.762. The maximum Gasteiger partial charge on any atom is 0.151 e. The fraction of sp³-hybridized carbons (Fsp3) is 0.133. The minimum absolute atomic E-state index is 0.480. The summed E-state index contributed by atoms with van der Waals surface area (Å²) in [5.41, 5.74) is 2.70. The van der Waals surface area contributed by atoms with Crippen molar-refractivity contribution in [2.45, 2.75) is 6.54 Å². The van der Waals surface area contributed by atoms with Crippen LogP contribution in [0.1, 0.15) is 15.9 Å². The third-order valence-electron chi connectivity index (χ3n) is 2.86. The molecule has 4 heteroatoms. The van der Waals surface area contributed by atoms with Gasteiger partial charge in [-0.1, -0.05) is 39.7 Å². The van der Waals surface area contributed by atoms with Gasteiger partial charge in [0.1, 0.15) is 0 Å². The van der Waals surface area contributed by atoms with Gasteiger partial charge < -0.3 is 4.90 Å². The Kier molecular flexibility index (Phi) is 4.61. The van der Waals surface area contributed by atoms with E-state index in [4.69, 9.17) is 11.6 Å². The summed E-state index contributed by atoms with van der Waals surface area (Å²) in [4.78, 5) is 12.8. The highest BCUT2D eigenvalue weighted by Crippen LogP contribution is 2.23. The van der Waals surface area contributed by atoms with Crippen molar-refractivity contribution in [1.82, 2.24) is 0 Å². The third kappa shape index (κ3) is 3.58. The largest absolute Gasteiger partial charge is 0.370 e. The smallest absolute Gasteiger partial charge is 0.151 e. The molecular formula is C15H13BrClNO. The summed E-state index contributed by atoms with van der Waals surface area (Å²) in [6, 6.07) is 13.6. The number of aldehydes is 1. The number of halogens is 2. The molecule has 0 fully saturated rings. The topological polar surface area (TPSA) is 20.3 Å². The van der Waals surface area contributed by atoms with Crippen LogP contribution >= 0.6 is 27.5 Å². The van der Waals surface area contributed by atoms with E-state index in [9.17, 15) is 4.79 Å². The molecule has 0 spiro atoms. The van der Waals surface area contributed by atoms with E-state index < -0.39 is 0 Å². The zero-order chi connectivity index (χ0) is 13.8. The summed E-state index contributed by atoms with van der Waals surface area (Å²) in [5, 5.41) is 0.480. The van der Waals surface area contributed by atoms with Crippen LogP contribution in [0.4, 0.5) is 5.69 Å². The number of benzene rings is 2. The van der Waals surface area contributed by atoms with E-state index in [-0.39, 0.29) is 0 Å². The molecule has 0 atom stereocenters. The van der Waals surface area contributed by atoms with E-state index in [0.717, 1.165) is 23.0 Å². The fourth-order valence-corrected chi connectivity index (χ4v) is 2.52. The van der Waals surface area contributed by atoms with Crippen LogP contribution in [0.15, 0.2) is 46.9 Å². The number of hydrogen-bond acceptors (Lipinski definition) is 2. The van der Waals surface area contributed by atoms with Gasteiger partial charge in [0.2, 0.25) is 0 Å². The van der Waals surface area contributed by atoms with Crippen molar-refractivity contribution in [1.29, 1.82) is 0 Å². The van der Waals surface area contributed by atoms with Gasteiger partial charge in [0.15, 0.2) is 6.29 Å². The second-order valence-corrected chi connectivity index (χ2v) is 5.63. The molecule has 2 nitrogen and oxygen atoms in total. The highest BCUT2D eigenvalue weighted by atomic mass is 79.9. The molecular weight excluding hydrogens is 326 g/mol. The average molecular weight is 339 g/mol. The molecule has 0 amide bonds. The van der Waals surface area contributed by atoms with Gasteiger partial charge in [-0.05, 0) is 35.9 Å². The van der Waals surface area contributed by atoms with E-state index in [1.807, 2.05) is 31.3 Å². The Labute approximate surface area is 126 Å². The second-order valence-electron chi connectivity index (χ2n) is 4.31. The Morgan fingerprint density at radius 3 is 2.68 bits per heavy atom. The summed E-state index contributed by atoms with van der Waals surface area (Å²) in [5.74, 6) is 0. The minimum atomic E-state index is 0.480. The molecule has 19 heavy (non-hydrogen) atoms. The maximum absolute atomic E-state index is 10.7. The van der Waals surface area contributed by atoms with E-state index >= 15 is 0 Å². The van der Waals surface area contributed by atoms with Gasteiger partial charge in [0.05, 0.1) is 5.02 Å². The molecule has 2 rings (SSSR count). The van der Waals surface area contributed by atoms with Crippen LogP contribution in [0.2, 0.25) is 5.02 Å². The Balaban J connectivity index is 2.18. The van der Waals surface area contributed by atoms with Crippen molar-refractivity contribution in [3.63, 3.8) is 0 Å². The monoisotopic (exact) mass is 337 g/mol. The maximum atomic E-state index is 10.7. The lowest BCUT2D eigenvalue weighted by molar-refractivity contribution is 0.112. The van der Waals surface area contributed by atoms with Crippen LogP contribution in [0.25, 0.3) is 0 Å². The van der Waals surface area contributed by atoms with Gasteiger partial charge in [-0.2, -0.15) is 0 Å². The van der Waals surface area contributed by atoms with E-state index in [2.05, 4.69) is 33.0 Å². The summed E-state index contributed by atoms with van der Waals surface area (Å²) in [6.07, 6.45) is 0.764. The van der Waals surface area contributed by atoms with Crippen molar-refractivity contribution in [2.24, 2.45) is 0 Å². The normalized spacial score (nSPS) is 10.3. The molecule has 0 saturated carbocycles. The molecule has 98 valence electrons. The molecule has 0 aliphatic carbocycles. The third-order valence-corrected chi connectivity index (χ3v) is 3.68. The first-order valence-electron chi connectivity index (χ1n) is 5.80. The Morgan fingerprint density at radius 1 is 1.26 bits per heavy atom. The Bertz CT molecular complexity index is 600. The molecule has 0 unspecified atom stereocenters. The number of nitrogens with zero attached hydrogens (tertiary/aromatic N) is 1. The lowest BCUT2D eigenvalue weighted by Crippen LogP contribution is -2.16. The molecule has 0 saturated heterocycles. The predicted molar refractivity (Wildman–Crippen MR) is 83.1 cm³/mol. The van der Waals surface area contributed by atoms with Gasteiger partial charge in [-0.3, -0.25) is 4.79 Å². The number of carbonyl (C=O) groups excluding carboxylic acids is 1. The highest BCUT2D eigenvalue weighted by Gasteiger charge is 2.06. The Morgan fingerprint density at radius 2 is 2.05 bits per heavy atom. The lowest BCUT2D eigenvalue weighted by Gasteiger charge is -2.20. The molecule has 0 bridgehead atoms. The van der Waals surface area contributed by atoms with Crippen LogP contribution in [-0.2, 0) is 6.54 Å². The fourth-order valence-electron chi connectivity index (χ4n) is 1.85. The molecule has 0 aromatic heterocycles. The number of hydrogen-bond donors (Lipinski definition) is 0. The van der Waals surface area contributed by atoms with Gasteiger partial charge in [-0.25, -0.2) is 0 Å². The minimum Gasteiger partial charge on any atom is -0.370 e. The van der Waals surface area contributed by atoms with Crippen LogP contribution in [0.3, 0.4) is 0 Å². The first-order valence-corrected chi connectivity index (χ1v) is 6.97. The van der Waals surface area contributed by atoms with Gasteiger partial charge >= 0.3 is 0 Å². The molecule has 0 aliphatic rings. The zero-order valence-corrected chi connectivity index (χ0v) is 12.8. The SMILES string of the molecule is CN(Cc1cccc(Br)c1)c1ccc(C=O)c(Cl)c1. The number of anilines is 1. The van der Waals surface area contributed by atoms with Gasteiger partial charge in [0.25, 0.3) is 0 Å². The zero-order valence-electron chi connectivity index (χ0n) is 10.4. The average Bonchev–Trinajstić information content (AvgIpc) is 2.38. The first-order chi connectivity index (χ1) is 9.10. The van der Waals surface area contributed by atoms with Crippen molar-refractivity contribution in [3.8, 4) is 0 Å². The van der Waals surface area contributed by atoms with Crippen molar-refractivity contribution in [3.05, 3.63) is 63.1 Å². The van der Waals surface area contributed by atoms with E-state index in [1.165, 1.54) is 5.56 Å². The van der Waals surface area contributed by atoms with Crippen molar-refractivity contribution >= 4 is 39.5 Å². The van der Waals surface area contributed by atoms with Crippen molar-refractivity contribution < 1.29 is 4.79 Å². The van der Waals surface area contributed by atoms with Gasteiger partial charge in [-0.15, -0.1) is 0 Å². The first kappa shape index (κ1) is 14.1. The van der Waals surface area contributed by atoms with E-state index in [0.29, 0.717) is 10.6 Å². The van der Waals surface area contributed by atoms with Crippen LogP contribution in [0, 0.1) is 0 Å². The molecule has 0 aliphatic heterocycles. The Hall–Kier alpha value is -1.32. The summed E-state index contributed by atoms with van der Waals surface area (Å²) < 4.78 is 1.06. The van der Waals surface area contributed by atoms with Gasteiger partial charge in [0, 0.05) is 29.3 Å². The molecule has 0 heterocycles. The second kappa shape index (κ2) is 6.22. The lowest BCUT2D eigenvalue weighted by atomic mass is 10.2. The predicted octanol–water partition coefficient (Wildman–Crippen LogP) is 4.55. The standard InChI is InChI=1S/C15H13BrClNO/c1-18(9-11-3-2-4-13(16)7-11)14-6-5-12(10-19)15(17)8-14/h2-8,10H,9H2,1H3. The summed E-state index contributed by atoms with van der Waals surface area (Å²) >= 11 is 9.50. The highest BCUT2D eigenvalue weighted by molar-refractivity contribution is 9.10. The molecule has 2 aromatic carbocycles. The molecule has 0 radical (unpaired) electrons. The summed E-state index contributed by atoms with van der Waals surface area (Å²) in [6.45, 7) is 0.774. The van der Waals surface area contributed by atoms with Crippen LogP contribution in [-0.4, -0.2) is 13.3 Å². The number of carbonyl (C=O) groups is 1.